The molecule has 2 atom stereocenters. The molecule has 0 bridgehead atoms. The molecular weight excluding hydrogens is 386 g/mol. The van der Waals surface area contributed by atoms with Gasteiger partial charge in [0.15, 0.2) is 0 Å². The normalized spacial score (nSPS) is 26.6. The van der Waals surface area contributed by atoms with E-state index in [1.54, 1.807) is 4.90 Å². The Labute approximate surface area is 170 Å². The van der Waals surface area contributed by atoms with Crippen LogP contribution in [-0.4, -0.2) is 50.2 Å². The number of sulfonamides is 1. The first-order valence-corrected chi connectivity index (χ1v) is 12.1. The molecule has 8 heteroatoms. The summed E-state index contributed by atoms with van der Waals surface area (Å²) in [5.41, 5.74) is 5.91. The van der Waals surface area contributed by atoms with E-state index in [9.17, 15) is 13.2 Å². The van der Waals surface area contributed by atoms with Gasteiger partial charge < -0.3 is 10.6 Å². The highest BCUT2D eigenvalue weighted by Gasteiger charge is 2.37. The molecule has 0 aromatic carbocycles. The van der Waals surface area contributed by atoms with Gasteiger partial charge in [-0.25, -0.2) is 13.1 Å². The van der Waals surface area contributed by atoms with Gasteiger partial charge in [0.1, 0.15) is 0 Å². The molecule has 27 heavy (non-hydrogen) atoms. The zero-order chi connectivity index (χ0) is 18.6. The summed E-state index contributed by atoms with van der Waals surface area (Å²) in [5, 5.41) is -0.501. The maximum Gasteiger partial charge on any atom is 0.225 e. The molecule has 3 fully saturated rings. The SMILES string of the molecule is Cl.NCC(NS(=O)(=O)C1CCCN(C(=O)C2CCCC2)C1)C1CCCCC1. The van der Waals surface area contributed by atoms with Crippen LogP contribution >= 0.6 is 12.4 Å². The number of hydrogen-bond acceptors (Lipinski definition) is 4. The Bertz CT molecular complexity index is 575. The third-order valence-electron chi connectivity index (χ3n) is 6.62. The third kappa shape index (κ3) is 5.81. The quantitative estimate of drug-likeness (QED) is 0.688. The molecular formula is C19H36ClN3O3S. The van der Waals surface area contributed by atoms with Crippen molar-refractivity contribution in [3.8, 4) is 0 Å². The molecule has 1 amide bonds. The Morgan fingerprint density at radius 3 is 2.26 bits per heavy atom. The maximum atomic E-state index is 13.0. The minimum absolute atomic E-state index is 0. The highest BCUT2D eigenvalue weighted by molar-refractivity contribution is 7.90. The molecule has 1 heterocycles. The summed E-state index contributed by atoms with van der Waals surface area (Å²) < 4.78 is 28.9. The van der Waals surface area contributed by atoms with Crippen molar-refractivity contribution < 1.29 is 13.2 Å². The Morgan fingerprint density at radius 1 is 1.00 bits per heavy atom. The van der Waals surface area contributed by atoms with E-state index in [-0.39, 0.29) is 30.3 Å². The van der Waals surface area contributed by atoms with E-state index in [1.807, 2.05) is 0 Å². The first-order chi connectivity index (χ1) is 12.5. The van der Waals surface area contributed by atoms with Crippen molar-refractivity contribution in [1.29, 1.82) is 0 Å². The van der Waals surface area contributed by atoms with Gasteiger partial charge in [0.25, 0.3) is 0 Å². The second-order valence-corrected chi connectivity index (χ2v) is 10.4. The highest BCUT2D eigenvalue weighted by atomic mass is 35.5. The van der Waals surface area contributed by atoms with Crippen molar-refractivity contribution in [3.63, 3.8) is 0 Å². The molecule has 3 aliphatic rings. The molecule has 3 rings (SSSR count). The molecule has 158 valence electrons. The van der Waals surface area contributed by atoms with Gasteiger partial charge in [-0.2, -0.15) is 0 Å². The fraction of sp³-hybridized carbons (Fsp3) is 0.947. The summed E-state index contributed by atoms with van der Waals surface area (Å²) >= 11 is 0. The highest BCUT2D eigenvalue weighted by Crippen LogP contribution is 2.29. The molecule has 0 radical (unpaired) electrons. The average Bonchev–Trinajstić information content (AvgIpc) is 3.21. The summed E-state index contributed by atoms with van der Waals surface area (Å²) in [6, 6.07) is -0.166. The van der Waals surface area contributed by atoms with Gasteiger partial charge in [0.05, 0.1) is 5.25 Å². The van der Waals surface area contributed by atoms with Crippen LogP contribution < -0.4 is 10.5 Å². The molecule has 1 aliphatic heterocycles. The number of amides is 1. The Kier molecular flexibility index (Phi) is 8.84. The Hall–Kier alpha value is -0.370. The molecule has 3 N–H and O–H groups in total. The first kappa shape index (κ1) is 22.9. The van der Waals surface area contributed by atoms with Crippen LogP contribution in [0.5, 0.6) is 0 Å². The van der Waals surface area contributed by atoms with Gasteiger partial charge in [0, 0.05) is 31.6 Å². The van der Waals surface area contributed by atoms with Gasteiger partial charge in [0.2, 0.25) is 15.9 Å². The van der Waals surface area contributed by atoms with Gasteiger partial charge in [-0.3, -0.25) is 4.79 Å². The van der Waals surface area contributed by atoms with E-state index in [4.69, 9.17) is 5.73 Å². The van der Waals surface area contributed by atoms with Gasteiger partial charge in [-0.15, -0.1) is 12.4 Å². The van der Waals surface area contributed by atoms with Crippen molar-refractivity contribution >= 4 is 28.3 Å². The lowest BCUT2D eigenvalue weighted by atomic mass is 9.84. The number of piperidine rings is 1. The van der Waals surface area contributed by atoms with Crippen LogP contribution in [0.25, 0.3) is 0 Å². The summed E-state index contributed by atoms with van der Waals surface area (Å²) in [6.45, 7) is 1.39. The molecule has 6 nitrogen and oxygen atoms in total. The minimum Gasteiger partial charge on any atom is -0.341 e. The van der Waals surface area contributed by atoms with Crippen LogP contribution in [0.15, 0.2) is 0 Å². The molecule has 2 saturated carbocycles. The van der Waals surface area contributed by atoms with E-state index < -0.39 is 15.3 Å². The third-order valence-corrected chi connectivity index (χ3v) is 8.52. The fourth-order valence-corrected chi connectivity index (χ4v) is 6.76. The fourth-order valence-electron chi connectivity index (χ4n) is 5.00. The van der Waals surface area contributed by atoms with Gasteiger partial charge in [-0.05, 0) is 44.4 Å². The van der Waals surface area contributed by atoms with E-state index in [0.717, 1.165) is 57.8 Å². The van der Waals surface area contributed by atoms with Gasteiger partial charge >= 0.3 is 0 Å². The van der Waals surface area contributed by atoms with Crippen LogP contribution in [0.1, 0.15) is 70.6 Å². The van der Waals surface area contributed by atoms with E-state index in [0.29, 0.717) is 32.0 Å². The predicted molar refractivity (Wildman–Crippen MR) is 110 cm³/mol. The standard InChI is InChI=1S/C19H35N3O3S.ClH/c20-13-18(15-7-2-1-3-8-15)21-26(24,25)17-11-6-12-22(14-17)19(23)16-9-4-5-10-16;/h15-18,21H,1-14,20H2;1H. The zero-order valence-corrected chi connectivity index (χ0v) is 17.9. The van der Waals surface area contributed by atoms with Crippen molar-refractivity contribution in [2.24, 2.45) is 17.6 Å². The number of carbonyl (C=O) groups is 1. The smallest absolute Gasteiger partial charge is 0.225 e. The molecule has 2 unspecified atom stereocenters. The number of nitrogens with two attached hydrogens (primary N) is 1. The lowest BCUT2D eigenvalue weighted by molar-refractivity contribution is -0.136. The molecule has 0 spiro atoms. The van der Waals surface area contributed by atoms with Crippen molar-refractivity contribution in [2.75, 3.05) is 19.6 Å². The molecule has 2 aliphatic carbocycles. The van der Waals surface area contributed by atoms with Crippen molar-refractivity contribution in [2.45, 2.75) is 81.9 Å². The number of carbonyl (C=O) groups excluding carboxylic acids is 1. The summed E-state index contributed by atoms with van der Waals surface area (Å²) in [6.07, 6.45) is 11.2. The number of nitrogens with zero attached hydrogens (tertiary/aromatic N) is 1. The van der Waals surface area contributed by atoms with Crippen LogP contribution in [0.3, 0.4) is 0 Å². The van der Waals surface area contributed by atoms with Crippen LogP contribution in [0.2, 0.25) is 0 Å². The predicted octanol–water partition coefficient (Wildman–Crippen LogP) is 2.42. The van der Waals surface area contributed by atoms with Crippen LogP contribution in [-0.2, 0) is 14.8 Å². The van der Waals surface area contributed by atoms with E-state index in [2.05, 4.69) is 4.72 Å². The number of nitrogens with one attached hydrogen (secondary N) is 1. The largest absolute Gasteiger partial charge is 0.341 e. The maximum absolute atomic E-state index is 13.0. The van der Waals surface area contributed by atoms with Crippen molar-refractivity contribution in [1.82, 2.24) is 9.62 Å². The summed E-state index contributed by atoms with van der Waals surface area (Å²) in [7, 11) is -3.46. The molecule has 1 saturated heterocycles. The van der Waals surface area contributed by atoms with Crippen molar-refractivity contribution in [3.05, 3.63) is 0 Å². The summed E-state index contributed by atoms with van der Waals surface area (Å²) in [5.74, 6) is 0.636. The number of rotatable bonds is 6. The minimum atomic E-state index is -3.46. The monoisotopic (exact) mass is 421 g/mol. The second-order valence-electron chi connectivity index (χ2n) is 8.43. The molecule has 0 aromatic rings. The second kappa shape index (κ2) is 10.4. The molecule has 0 aromatic heterocycles. The van der Waals surface area contributed by atoms with Gasteiger partial charge in [-0.1, -0.05) is 32.1 Å². The number of likely N-dealkylation sites (tertiary alicyclic amines) is 1. The van der Waals surface area contributed by atoms with E-state index >= 15 is 0 Å². The lowest BCUT2D eigenvalue weighted by Gasteiger charge is -2.36. The number of halogens is 1. The van der Waals surface area contributed by atoms with Crippen LogP contribution in [0, 0.1) is 11.8 Å². The van der Waals surface area contributed by atoms with E-state index in [1.165, 1.54) is 6.42 Å². The summed E-state index contributed by atoms with van der Waals surface area (Å²) in [4.78, 5) is 14.5. The topological polar surface area (TPSA) is 92.5 Å². The average molecular weight is 422 g/mol. The first-order valence-electron chi connectivity index (χ1n) is 10.5. The Balaban J connectivity index is 0.00000261. The Morgan fingerprint density at radius 2 is 1.63 bits per heavy atom. The van der Waals surface area contributed by atoms with Crippen LogP contribution in [0.4, 0.5) is 0 Å². The lowest BCUT2D eigenvalue weighted by Crippen LogP contribution is -2.53. The zero-order valence-electron chi connectivity index (χ0n) is 16.3. The number of hydrogen-bond donors (Lipinski definition) is 2.